The van der Waals surface area contributed by atoms with E-state index in [1.54, 1.807) is 27.7 Å². The Balaban J connectivity index is 2.83. The normalized spacial score (nSPS) is 17.3. The molecule has 1 aliphatic rings. The second kappa shape index (κ2) is 8.70. The third kappa shape index (κ3) is 4.80. The number of nitrogens with one attached hydrogen (secondary N) is 1. The smallest absolute Gasteiger partial charge is 0.416 e. The Kier molecular flexibility index (Phi) is 6.75. The van der Waals surface area contributed by atoms with Gasteiger partial charge in [0.25, 0.3) is 0 Å². The van der Waals surface area contributed by atoms with Gasteiger partial charge in [0, 0.05) is 12.8 Å². The van der Waals surface area contributed by atoms with Crippen LogP contribution in [0.2, 0.25) is 0 Å². The van der Waals surface area contributed by atoms with Crippen molar-refractivity contribution in [1.82, 2.24) is 5.32 Å². The third-order valence-electron chi connectivity index (χ3n) is 4.44. The number of carbonyl (C=O) groups excluding carboxylic acids is 1. The lowest BCUT2D eigenvalue weighted by atomic mass is 9.78. The number of esters is 1. The van der Waals surface area contributed by atoms with E-state index in [1.807, 2.05) is 6.07 Å². The molecule has 0 amide bonds. The number of rotatable bonds is 5. The first-order valence-corrected chi connectivity index (χ1v) is 8.99. The van der Waals surface area contributed by atoms with Crippen LogP contribution in [0.4, 0.5) is 13.2 Å². The number of aryl methyl sites for hydroxylation is 1. The molecule has 1 aromatic rings. The summed E-state index contributed by atoms with van der Waals surface area (Å²) in [4.78, 5) is 12.9. The van der Waals surface area contributed by atoms with Crippen molar-refractivity contribution in [1.29, 1.82) is 5.26 Å². The molecule has 0 radical (unpaired) electrons. The van der Waals surface area contributed by atoms with E-state index in [1.165, 1.54) is 19.2 Å². The monoisotopic (exact) mass is 408 g/mol. The first-order chi connectivity index (χ1) is 13.5. The minimum atomic E-state index is -4.66. The van der Waals surface area contributed by atoms with E-state index in [0.717, 1.165) is 6.07 Å². The third-order valence-corrected chi connectivity index (χ3v) is 4.44. The summed E-state index contributed by atoms with van der Waals surface area (Å²) in [5, 5.41) is 12.6. The van der Waals surface area contributed by atoms with Crippen LogP contribution in [0.1, 0.15) is 43.4 Å². The fraction of sp³-hybridized carbons (Fsp3) is 0.429. The van der Waals surface area contributed by atoms with Crippen molar-refractivity contribution in [2.24, 2.45) is 0 Å². The molecule has 8 heteroatoms. The van der Waals surface area contributed by atoms with Crippen molar-refractivity contribution in [3.05, 3.63) is 57.4 Å². The molecule has 0 bridgehead atoms. The van der Waals surface area contributed by atoms with Gasteiger partial charge in [0.05, 0.1) is 47.1 Å². The summed E-state index contributed by atoms with van der Waals surface area (Å²) in [6.07, 6.45) is -5.15. The van der Waals surface area contributed by atoms with Gasteiger partial charge in [-0.2, -0.15) is 18.4 Å². The Bertz CT molecular complexity index is 909. The van der Waals surface area contributed by atoms with Gasteiger partial charge in [0.1, 0.15) is 0 Å². The number of nitriles is 1. The first kappa shape index (κ1) is 22.5. The topological polar surface area (TPSA) is 71.3 Å². The molecule has 1 atom stereocenters. The Morgan fingerprint density at radius 1 is 1.31 bits per heavy atom. The summed E-state index contributed by atoms with van der Waals surface area (Å²) in [5.41, 5.74) is -0.0531. The number of nitrogens with zero attached hydrogens (tertiary/aromatic N) is 1. The Morgan fingerprint density at radius 2 is 1.97 bits per heavy atom. The van der Waals surface area contributed by atoms with Gasteiger partial charge in [-0.25, -0.2) is 4.79 Å². The number of halogens is 3. The number of carbonyl (C=O) groups is 1. The fourth-order valence-electron chi connectivity index (χ4n) is 3.30. The minimum absolute atomic E-state index is 0.0231. The zero-order valence-electron chi connectivity index (χ0n) is 16.9. The quantitative estimate of drug-likeness (QED) is 0.734. The van der Waals surface area contributed by atoms with E-state index in [2.05, 4.69) is 5.32 Å². The highest BCUT2D eigenvalue weighted by Gasteiger charge is 2.42. The van der Waals surface area contributed by atoms with Gasteiger partial charge in [-0.3, -0.25) is 0 Å². The lowest BCUT2D eigenvalue weighted by molar-refractivity contribution is -0.143. The maximum absolute atomic E-state index is 13.8. The van der Waals surface area contributed by atoms with E-state index in [9.17, 15) is 23.2 Å². The molecular formula is C21H23F3N2O3. The largest absolute Gasteiger partial charge is 0.460 e. The second-order valence-electron chi connectivity index (χ2n) is 7.08. The number of hydrogen-bond donors (Lipinski definition) is 1. The van der Waals surface area contributed by atoms with Crippen LogP contribution in [-0.4, -0.2) is 25.8 Å². The summed E-state index contributed by atoms with van der Waals surface area (Å²) < 4.78 is 51.9. The van der Waals surface area contributed by atoms with Crippen LogP contribution >= 0.6 is 0 Å². The molecule has 1 heterocycles. The highest BCUT2D eigenvalue weighted by atomic mass is 19.4. The minimum Gasteiger partial charge on any atom is -0.460 e. The molecular weight excluding hydrogens is 385 g/mol. The second-order valence-corrected chi connectivity index (χ2v) is 7.08. The van der Waals surface area contributed by atoms with Gasteiger partial charge in [-0.15, -0.1) is 0 Å². The van der Waals surface area contributed by atoms with Crippen LogP contribution in [0.15, 0.2) is 40.7 Å². The molecule has 0 fully saturated rings. The van der Waals surface area contributed by atoms with Crippen LogP contribution < -0.4 is 5.32 Å². The number of ether oxygens (including phenoxy) is 2. The Hall–Kier alpha value is -2.79. The van der Waals surface area contributed by atoms with Gasteiger partial charge in [-0.1, -0.05) is 17.7 Å². The summed E-state index contributed by atoms with van der Waals surface area (Å²) in [6, 6.07) is 5.82. The van der Waals surface area contributed by atoms with E-state index in [0.29, 0.717) is 11.3 Å². The molecule has 0 spiro atoms. The van der Waals surface area contributed by atoms with E-state index in [-0.39, 0.29) is 29.0 Å². The molecule has 0 aromatic heterocycles. The van der Waals surface area contributed by atoms with Gasteiger partial charge >= 0.3 is 12.1 Å². The van der Waals surface area contributed by atoms with E-state index >= 15 is 0 Å². The van der Waals surface area contributed by atoms with Crippen molar-refractivity contribution in [3.8, 4) is 6.07 Å². The molecule has 0 aliphatic carbocycles. The number of methoxy groups -OCH3 is 1. The van der Waals surface area contributed by atoms with Crippen molar-refractivity contribution >= 4 is 5.97 Å². The maximum atomic E-state index is 13.8. The van der Waals surface area contributed by atoms with Gasteiger partial charge in [0.15, 0.2) is 0 Å². The highest BCUT2D eigenvalue weighted by Crippen LogP contribution is 2.44. The van der Waals surface area contributed by atoms with Crippen molar-refractivity contribution in [2.75, 3.05) is 13.7 Å². The predicted octanol–water partition coefficient (Wildman–Crippen LogP) is 4.35. The van der Waals surface area contributed by atoms with Crippen LogP contribution in [-0.2, 0) is 20.4 Å². The first-order valence-electron chi connectivity index (χ1n) is 8.99. The van der Waals surface area contributed by atoms with Crippen LogP contribution in [0.3, 0.4) is 0 Å². The molecule has 0 saturated carbocycles. The zero-order valence-corrected chi connectivity index (χ0v) is 16.9. The average Bonchev–Trinajstić information content (AvgIpc) is 2.60. The Morgan fingerprint density at radius 3 is 2.48 bits per heavy atom. The molecule has 1 aromatic carbocycles. The number of allylic oxidation sites excluding steroid dienone is 2. The van der Waals surface area contributed by atoms with Crippen molar-refractivity contribution in [3.63, 3.8) is 0 Å². The number of dihydropyridines is 1. The molecule has 1 unspecified atom stereocenters. The van der Waals surface area contributed by atoms with Crippen LogP contribution in [0.5, 0.6) is 0 Å². The average molecular weight is 408 g/mol. The molecule has 0 saturated heterocycles. The fourth-order valence-corrected chi connectivity index (χ4v) is 3.30. The van der Waals surface area contributed by atoms with E-state index in [4.69, 9.17) is 9.47 Å². The predicted molar refractivity (Wildman–Crippen MR) is 101 cm³/mol. The maximum Gasteiger partial charge on any atom is 0.416 e. The summed E-state index contributed by atoms with van der Waals surface area (Å²) in [7, 11) is 1.40. The number of alkyl halides is 3. The zero-order chi connectivity index (χ0) is 21.9. The lowest BCUT2D eigenvalue weighted by Crippen LogP contribution is -2.33. The van der Waals surface area contributed by atoms with Crippen molar-refractivity contribution < 1.29 is 27.4 Å². The van der Waals surface area contributed by atoms with Gasteiger partial charge in [-0.05, 0) is 39.3 Å². The Labute approximate surface area is 167 Å². The highest BCUT2D eigenvalue weighted by molar-refractivity contribution is 5.93. The molecule has 1 N–H and O–H groups in total. The summed E-state index contributed by atoms with van der Waals surface area (Å²) >= 11 is 0. The van der Waals surface area contributed by atoms with Crippen molar-refractivity contribution in [2.45, 2.75) is 45.9 Å². The summed E-state index contributed by atoms with van der Waals surface area (Å²) in [5.74, 6) is -2.02. The van der Waals surface area contributed by atoms with Gasteiger partial charge < -0.3 is 14.8 Å². The SMILES string of the molecule is COCC1=C(C(=O)OC(C)C)C(c2ccc(C)cc2C(F)(F)F)C(C#N)=C(C)N1. The number of hydrogen-bond acceptors (Lipinski definition) is 5. The molecule has 29 heavy (non-hydrogen) atoms. The molecule has 1 aliphatic heterocycles. The molecule has 156 valence electrons. The van der Waals surface area contributed by atoms with Gasteiger partial charge in [0.2, 0.25) is 0 Å². The van der Waals surface area contributed by atoms with Crippen LogP contribution in [0, 0.1) is 18.3 Å². The lowest BCUT2D eigenvalue weighted by Gasteiger charge is -2.31. The standard InChI is InChI=1S/C21H23F3N2O3/c1-11(2)29-20(27)19-17(10-28-5)26-13(4)15(9-25)18(19)14-7-6-12(3)8-16(14)21(22,23)24/h6-8,11,18,26H,10H2,1-5H3. The summed E-state index contributed by atoms with van der Waals surface area (Å²) in [6.45, 7) is 6.35. The van der Waals surface area contributed by atoms with E-state index < -0.39 is 29.7 Å². The molecule has 2 rings (SSSR count). The molecule has 5 nitrogen and oxygen atoms in total. The van der Waals surface area contributed by atoms with Crippen LogP contribution in [0.25, 0.3) is 0 Å². The number of benzene rings is 1.